The van der Waals surface area contributed by atoms with E-state index >= 15 is 0 Å². The SMILES string of the molecule is Cc1noc(C(C)C)c1C(=O)N1CC[C@@H]2CNC[C@@H]2CC1.Cl. The van der Waals surface area contributed by atoms with Crippen LogP contribution in [0.5, 0.6) is 0 Å². The monoisotopic (exact) mass is 327 g/mol. The number of likely N-dealkylation sites (tertiary alicyclic amines) is 1. The minimum atomic E-state index is 0. The van der Waals surface area contributed by atoms with Crippen molar-refractivity contribution in [3.8, 4) is 0 Å². The van der Waals surface area contributed by atoms with Crippen LogP contribution in [0, 0.1) is 18.8 Å². The summed E-state index contributed by atoms with van der Waals surface area (Å²) in [6.07, 6.45) is 2.20. The van der Waals surface area contributed by atoms with Crippen LogP contribution >= 0.6 is 12.4 Å². The van der Waals surface area contributed by atoms with Crippen LogP contribution in [-0.2, 0) is 0 Å². The largest absolute Gasteiger partial charge is 0.360 e. The second-order valence-electron chi connectivity index (χ2n) is 6.71. The molecule has 2 saturated heterocycles. The lowest BCUT2D eigenvalue weighted by Gasteiger charge is -2.21. The molecule has 2 aliphatic heterocycles. The predicted molar refractivity (Wildman–Crippen MR) is 87.6 cm³/mol. The fourth-order valence-corrected chi connectivity index (χ4v) is 3.62. The third-order valence-electron chi connectivity index (χ3n) is 4.93. The first-order chi connectivity index (χ1) is 10.1. The summed E-state index contributed by atoms with van der Waals surface area (Å²) in [5.74, 6) is 2.47. The Bertz CT molecular complexity index is 515. The first-order valence-corrected chi connectivity index (χ1v) is 8.04. The van der Waals surface area contributed by atoms with Crippen LogP contribution in [-0.4, -0.2) is 42.1 Å². The number of amides is 1. The molecule has 124 valence electrons. The van der Waals surface area contributed by atoms with E-state index in [0.717, 1.165) is 62.3 Å². The first kappa shape index (κ1) is 17.3. The zero-order chi connectivity index (χ0) is 15.0. The predicted octanol–water partition coefficient (Wildman–Crippen LogP) is 2.60. The number of hydrogen-bond acceptors (Lipinski definition) is 4. The van der Waals surface area contributed by atoms with Gasteiger partial charge in [-0.25, -0.2) is 0 Å². The Morgan fingerprint density at radius 2 is 1.86 bits per heavy atom. The van der Waals surface area contributed by atoms with Crippen LogP contribution in [0.3, 0.4) is 0 Å². The van der Waals surface area contributed by atoms with Gasteiger partial charge >= 0.3 is 0 Å². The smallest absolute Gasteiger partial charge is 0.259 e. The van der Waals surface area contributed by atoms with Gasteiger partial charge in [-0.05, 0) is 44.7 Å². The number of rotatable bonds is 2. The summed E-state index contributed by atoms with van der Waals surface area (Å²) in [7, 11) is 0. The molecule has 2 atom stereocenters. The van der Waals surface area contributed by atoms with Crippen molar-refractivity contribution in [3.63, 3.8) is 0 Å². The quantitative estimate of drug-likeness (QED) is 0.907. The van der Waals surface area contributed by atoms with Crippen molar-refractivity contribution in [1.82, 2.24) is 15.4 Å². The van der Waals surface area contributed by atoms with Crippen LogP contribution in [0.2, 0.25) is 0 Å². The van der Waals surface area contributed by atoms with E-state index in [1.807, 2.05) is 25.7 Å². The number of halogens is 1. The molecule has 1 N–H and O–H groups in total. The summed E-state index contributed by atoms with van der Waals surface area (Å²) in [6, 6.07) is 0. The number of fused-ring (bicyclic) bond motifs is 1. The third kappa shape index (κ3) is 3.15. The van der Waals surface area contributed by atoms with Crippen LogP contribution in [0.25, 0.3) is 0 Å². The van der Waals surface area contributed by atoms with Crippen molar-refractivity contribution in [2.24, 2.45) is 11.8 Å². The Morgan fingerprint density at radius 3 is 2.41 bits per heavy atom. The highest BCUT2D eigenvalue weighted by molar-refractivity contribution is 5.96. The summed E-state index contributed by atoms with van der Waals surface area (Å²) in [5.41, 5.74) is 1.41. The van der Waals surface area contributed by atoms with E-state index < -0.39 is 0 Å². The highest BCUT2D eigenvalue weighted by Gasteiger charge is 2.33. The van der Waals surface area contributed by atoms with Gasteiger partial charge in [0.05, 0.1) is 5.69 Å². The Morgan fingerprint density at radius 1 is 1.27 bits per heavy atom. The fraction of sp³-hybridized carbons (Fsp3) is 0.750. The van der Waals surface area contributed by atoms with Gasteiger partial charge < -0.3 is 14.7 Å². The number of nitrogens with zero attached hydrogens (tertiary/aromatic N) is 2. The van der Waals surface area contributed by atoms with Crippen LogP contribution in [0.15, 0.2) is 4.52 Å². The zero-order valence-electron chi connectivity index (χ0n) is 13.6. The molecule has 22 heavy (non-hydrogen) atoms. The van der Waals surface area contributed by atoms with Crippen LogP contribution in [0.4, 0.5) is 0 Å². The van der Waals surface area contributed by atoms with E-state index in [-0.39, 0.29) is 24.2 Å². The molecule has 0 spiro atoms. The number of aryl methyl sites for hydroxylation is 1. The van der Waals surface area contributed by atoms with E-state index in [1.165, 1.54) is 0 Å². The molecule has 0 radical (unpaired) electrons. The molecule has 1 aromatic heterocycles. The number of hydrogen-bond donors (Lipinski definition) is 1. The topological polar surface area (TPSA) is 58.4 Å². The number of carbonyl (C=O) groups excluding carboxylic acids is 1. The lowest BCUT2D eigenvalue weighted by molar-refractivity contribution is 0.0755. The van der Waals surface area contributed by atoms with Crippen molar-refractivity contribution >= 4 is 18.3 Å². The number of carbonyl (C=O) groups is 1. The molecule has 3 rings (SSSR count). The van der Waals surface area contributed by atoms with Gasteiger partial charge in [-0.2, -0.15) is 0 Å². The second kappa shape index (κ2) is 7.01. The molecule has 0 saturated carbocycles. The summed E-state index contributed by atoms with van der Waals surface area (Å²) in [5, 5.41) is 7.47. The normalized spacial score (nSPS) is 24.8. The Hall–Kier alpha value is -1.07. The summed E-state index contributed by atoms with van der Waals surface area (Å²) < 4.78 is 5.37. The van der Waals surface area contributed by atoms with Crippen molar-refractivity contribution in [2.45, 2.75) is 39.5 Å². The van der Waals surface area contributed by atoms with Crippen molar-refractivity contribution in [1.29, 1.82) is 0 Å². The van der Waals surface area contributed by atoms with Crippen LogP contribution in [0.1, 0.15) is 54.4 Å². The van der Waals surface area contributed by atoms with E-state index in [2.05, 4.69) is 10.5 Å². The molecule has 1 amide bonds. The molecule has 3 heterocycles. The maximum atomic E-state index is 12.9. The number of aromatic nitrogens is 1. The zero-order valence-corrected chi connectivity index (χ0v) is 14.4. The third-order valence-corrected chi connectivity index (χ3v) is 4.93. The molecule has 1 aromatic rings. The molecule has 2 fully saturated rings. The molecule has 0 aliphatic carbocycles. The minimum Gasteiger partial charge on any atom is -0.360 e. The van der Waals surface area contributed by atoms with Gasteiger partial charge in [0.15, 0.2) is 5.76 Å². The highest BCUT2D eigenvalue weighted by atomic mass is 35.5. The van der Waals surface area contributed by atoms with Crippen LogP contribution < -0.4 is 5.32 Å². The molecular weight excluding hydrogens is 302 g/mol. The molecule has 6 heteroatoms. The Balaban J connectivity index is 0.00000176. The van der Waals surface area contributed by atoms with Gasteiger partial charge in [0.1, 0.15) is 5.56 Å². The lowest BCUT2D eigenvalue weighted by atomic mass is 9.92. The highest BCUT2D eigenvalue weighted by Crippen LogP contribution is 2.29. The second-order valence-corrected chi connectivity index (χ2v) is 6.71. The average molecular weight is 328 g/mol. The van der Waals surface area contributed by atoms with Gasteiger partial charge in [0, 0.05) is 19.0 Å². The standard InChI is InChI=1S/C16H25N3O2.ClH/c1-10(2)15-14(11(3)18-21-15)16(20)19-6-4-12-8-17-9-13(12)5-7-19;/h10,12-13,17H,4-9H2,1-3H3;1H/t12-,13+;. The maximum Gasteiger partial charge on any atom is 0.259 e. The molecule has 5 nitrogen and oxygen atoms in total. The van der Waals surface area contributed by atoms with Crippen molar-refractivity contribution in [3.05, 3.63) is 17.0 Å². The van der Waals surface area contributed by atoms with Gasteiger partial charge in [-0.3, -0.25) is 4.79 Å². The fourth-order valence-electron chi connectivity index (χ4n) is 3.62. The Kier molecular flexibility index (Phi) is 5.50. The Labute approximate surface area is 138 Å². The summed E-state index contributed by atoms with van der Waals surface area (Å²) >= 11 is 0. The van der Waals surface area contributed by atoms with Gasteiger partial charge in [0.25, 0.3) is 5.91 Å². The van der Waals surface area contributed by atoms with Gasteiger partial charge in [-0.1, -0.05) is 19.0 Å². The lowest BCUT2D eigenvalue weighted by Crippen LogP contribution is -2.33. The molecular formula is C16H26ClN3O2. The van der Waals surface area contributed by atoms with Gasteiger partial charge in [0.2, 0.25) is 0 Å². The van der Waals surface area contributed by atoms with Crippen molar-refractivity contribution in [2.75, 3.05) is 26.2 Å². The van der Waals surface area contributed by atoms with Gasteiger partial charge in [-0.15, -0.1) is 12.4 Å². The number of nitrogens with one attached hydrogen (secondary N) is 1. The van der Waals surface area contributed by atoms with E-state index in [4.69, 9.17) is 4.52 Å². The minimum absolute atomic E-state index is 0. The maximum absolute atomic E-state index is 12.9. The molecule has 2 aliphatic rings. The summed E-state index contributed by atoms with van der Waals surface area (Å²) in [6.45, 7) is 9.85. The first-order valence-electron chi connectivity index (χ1n) is 8.04. The van der Waals surface area contributed by atoms with E-state index in [0.29, 0.717) is 5.56 Å². The van der Waals surface area contributed by atoms with E-state index in [9.17, 15) is 4.79 Å². The molecule has 0 bridgehead atoms. The summed E-state index contributed by atoms with van der Waals surface area (Å²) in [4.78, 5) is 14.9. The molecule has 0 aromatic carbocycles. The van der Waals surface area contributed by atoms with Crippen molar-refractivity contribution < 1.29 is 9.32 Å². The molecule has 0 unspecified atom stereocenters. The van der Waals surface area contributed by atoms with E-state index in [1.54, 1.807) is 0 Å². The average Bonchev–Trinajstić information content (AvgIpc) is 3.00.